The zero-order chi connectivity index (χ0) is 11.8. The second kappa shape index (κ2) is 8.12. The third kappa shape index (κ3) is 6.16. The van der Waals surface area contributed by atoms with Gasteiger partial charge in [-0.3, -0.25) is 0 Å². The third-order valence-electron chi connectivity index (χ3n) is 3.20. The van der Waals surface area contributed by atoms with Crippen molar-refractivity contribution in [1.82, 2.24) is 0 Å². The monoisotopic (exact) mass is 216 g/mol. The zero-order valence-electron chi connectivity index (χ0n) is 10.7. The Hall–Kier alpha value is -0.0800. The summed E-state index contributed by atoms with van der Waals surface area (Å²) in [5.41, 5.74) is 0. The predicted molar refractivity (Wildman–Crippen MR) is 64.8 cm³/mol. The molecule has 0 saturated carbocycles. The number of rotatable bonds is 8. The third-order valence-corrected chi connectivity index (χ3v) is 3.20. The van der Waals surface area contributed by atoms with E-state index in [1.807, 2.05) is 13.8 Å². The van der Waals surface area contributed by atoms with Crippen molar-refractivity contribution >= 4 is 0 Å². The van der Waals surface area contributed by atoms with Crippen LogP contribution in [-0.4, -0.2) is 22.4 Å². The van der Waals surface area contributed by atoms with Crippen molar-refractivity contribution in [3.8, 4) is 0 Å². The van der Waals surface area contributed by atoms with Gasteiger partial charge in [-0.2, -0.15) is 0 Å². The molecule has 0 rings (SSSR count). The fourth-order valence-corrected chi connectivity index (χ4v) is 1.91. The molecule has 2 heteroatoms. The van der Waals surface area contributed by atoms with Crippen molar-refractivity contribution < 1.29 is 10.2 Å². The maximum absolute atomic E-state index is 9.84. The Morgan fingerprint density at radius 2 is 1.67 bits per heavy atom. The molecule has 2 nitrogen and oxygen atoms in total. The lowest BCUT2D eigenvalue weighted by Crippen LogP contribution is -2.32. The second-order valence-corrected chi connectivity index (χ2v) is 4.95. The minimum Gasteiger partial charge on any atom is -0.390 e. The second-order valence-electron chi connectivity index (χ2n) is 4.95. The molecule has 15 heavy (non-hydrogen) atoms. The van der Waals surface area contributed by atoms with Crippen LogP contribution in [0.1, 0.15) is 59.8 Å². The zero-order valence-corrected chi connectivity index (χ0v) is 10.7. The van der Waals surface area contributed by atoms with Crippen LogP contribution in [0.5, 0.6) is 0 Å². The van der Waals surface area contributed by atoms with E-state index in [9.17, 15) is 10.2 Å². The molecule has 0 amide bonds. The Labute approximate surface area is 94.7 Å². The number of hydrogen-bond donors (Lipinski definition) is 2. The van der Waals surface area contributed by atoms with Gasteiger partial charge in [0.2, 0.25) is 0 Å². The number of aliphatic hydroxyl groups excluding tert-OH is 2. The van der Waals surface area contributed by atoms with Gasteiger partial charge in [-0.1, -0.05) is 53.4 Å². The van der Waals surface area contributed by atoms with Crippen molar-refractivity contribution in [1.29, 1.82) is 0 Å². The van der Waals surface area contributed by atoms with E-state index in [2.05, 4.69) is 13.8 Å². The van der Waals surface area contributed by atoms with Crippen LogP contribution < -0.4 is 0 Å². The van der Waals surface area contributed by atoms with Crippen LogP contribution in [-0.2, 0) is 0 Å². The highest BCUT2D eigenvalue weighted by atomic mass is 16.3. The fourth-order valence-electron chi connectivity index (χ4n) is 1.91. The SMILES string of the molecule is CCCCC(CC)CC(O)C(O)C(C)C. The van der Waals surface area contributed by atoms with Crippen LogP contribution >= 0.6 is 0 Å². The molecule has 0 aliphatic carbocycles. The van der Waals surface area contributed by atoms with Crippen LogP contribution in [0.25, 0.3) is 0 Å². The molecule has 0 heterocycles. The van der Waals surface area contributed by atoms with Crippen molar-refractivity contribution in [3.63, 3.8) is 0 Å². The van der Waals surface area contributed by atoms with Gasteiger partial charge in [-0.05, 0) is 18.3 Å². The molecular weight excluding hydrogens is 188 g/mol. The highest BCUT2D eigenvalue weighted by molar-refractivity contribution is 4.73. The molecule has 0 aliphatic rings. The lowest BCUT2D eigenvalue weighted by molar-refractivity contribution is -0.0212. The molecule has 0 spiro atoms. The molecule has 2 N–H and O–H groups in total. The van der Waals surface area contributed by atoms with Gasteiger partial charge in [-0.15, -0.1) is 0 Å². The van der Waals surface area contributed by atoms with Gasteiger partial charge in [0.15, 0.2) is 0 Å². The van der Waals surface area contributed by atoms with Crippen molar-refractivity contribution in [2.45, 2.75) is 72.0 Å². The molecule has 0 aliphatic heterocycles. The van der Waals surface area contributed by atoms with Crippen molar-refractivity contribution in [3.05, 3.63) is 0 Å². The van der Waals surface area contributed by atoms with E-state index in [0.717, 1.165) is 12.8 Å². The van der Waals surface area contributed by atoms with Crippen LogP contribution in [0.15, 0.2) is 0 Å². The van der Waals surface area contributed by atoms with E-state index in [1.165, 1.54) is 19.3 Å². The van der Waals surface area contributed by atoms with E-state index in [-0.39, 0.29) is 5.92 Å². The van der Waals surface area contributed by atoms with Crippen LogP contribution in [0.2, 0.25) is 0 Å². The minimum absolute atomic E-state index is 0.142. The maximum atomic E-state index is 9.84. The van der Waals surface area contributed by atoms with Gasteiger partial charge >= 0.3 is 0 Å². The summed E-state index contributed by atoms with van der Waals surface area (Å²) in [6.07, 6.45) is 4.34. The van der Waals surface area contributed by atoms with E-state index >= 15 is 0 Å². The Morgan fingerprint density at radius 1 is 1.07 bits per heavy atom. The lowest BCUT2D eigenvalue weighted by atomic mass is 9.89. The Bertz CT molecular complexity index is 145. The predicted octanol–water partition coefficient (Wildman–Crippen LogP) is 2.97. The summed E-state index contributed by atoms with van der Waals surface area (Å²) in [5, 5.41) is 19.6. The van der Waals surface area contributed by atoms with E-state index in [4.69, 9.17) is 0 Å². The maximum Gasteiger partial charge on any atom is 0.0822 e. The lowest BCUT2D eigenvalue weighted by Gasteiger charge is -2.25. The first kappa shape index (κ1) is 14.9. The molecule has 0 fully saturated rings. The van der Waals surface area contributed by atoms with Gasteiger partial charge in [0.1, 0.15) is 0 Å². The number of hydrogen-bond acceptors (Lipinski definition) is 2. The summed E-state index contributed by atoms with van der Waals surface area (Å²) in [6.45, 7) is 8.24. The summed E-state index contributed by atoms with van der Waals surface area (Å²) < 4.78 is 0. The fraction of sp³-hybridized carbons (Fsp3) is 1.00. The van der Waals surface area contributed by atoms with E-state index in [0.29, 0.717) is 5.92 Å². The van der Waals surface area contributed by atoms with Gasteiger partial charge in [-0.25, -0.2) is 0 Å². The largest absolute Gasteiger partial charge is 0.390 e. The molecule has 92 valence electrons. The van der Waals surface area contributed by atoms with Crippen molar-refractivity contribution in [2.75, 3.05) is 0 Å². The van der Waals surface area contributed by atoms with Gasteiger partial charge in [0.25, 0.3) is 0 Å². The minimum atomic E-state index is -0.569. The van der Waals surface area contributed by atoms with Gasteiger partial charge < -0.3 is 10.2 Å². The molecule has 3 unspecified atom stereocenters. The molecule has 3 atom stereocenters. The van der Waals surface area contributed by atoms with E-state index in [1.54, 1.807) is 0 Å². The van der Waals surface area contributed by atoms with Crippen LogP contribution in [0.4, 0.5) is 0 Å². The molecule has 0 aromatic heterocycles. The van der Waals surface area contributed by atoms with E-state index < -0.39 is 12.2 Å². The molecule has 0 aromatic carbocycles. The van der Waals surface area contributed by atoms with Crippen LogP contribution in [0, 0.1) is 11.8 Å². The first-order chi connectivity index (χ1) is 7.02. The van der Waals surface area contributed by atoms with Gasteiger partial charge in [0, 0.05) is 0 Å². The Balaban J connectivity index is 3.94. The Kier molecular flexibility index (Phi) is 8.07. The average molecular weight is 216 g/mol. The van der Waals surface area contributed by atoms with Gasteiger partial charge in [0.05, 0.1) is 12.2 Å². The number of unbranched alkanes of at least 4 members (excludes halogenated alkanes) is 1. The first-order valence-electron chi connectivity index (χ1n) is 6.38. The topological polar surface area (TPSA) is 40.5 Å². The first-order valence-corrected chi connectivity index (χ1v) is 6.38. The smallest absolute Gasteiger partial charge is 0.0822 e. The average Bonchev–Trinajstić information content (AvgIpc) is 2.22. The molecular formula is C13H28O2. The summed E-state index contributed by atoms with van der Waals surface area (Å²) in [5.74, 6) is 0.706. The summed E-state index contributed by atoms with van der Waals surface area (Å²) in [7, 11) is 0. The Morgan fingerprint density at radius 3 is 2.07 bits per heavy atom. The normalized spacial score (nSPS) is 17.8. The quantitative estimate of drug-likeness (QED) is 0.655. The molecule has 0 radical (unpaired) electrons. The highest BCUT2D eigenvalue weighted by Crippen LogP contribution is 2.21. The van der Waals surface area contributed by atoms with Crippen molar-refractivity contribution in [2.24, 2.45) is 11.8 Å². The summed E-state index contributed by atoms with van der Waals surface area (Å²) in [4.78, 5) is 0. The molecule has 0 saturated heterocycles. The summed E-state index contributed by atoms with van der Waals surface area (Å²) in [6, 6.07) is 0. The number of aliphatic hydroxyl groups is 2. The molecule has 0 bridgehead atoms. The summed E-state index contributed by atoms with van der Waals surface area (Å²) >= 11 is 0. The standard InChI is InChI=1S/C13H28O2/c1-5-7-8-11(6-2)9-12(14)13(15)10(3)4/h10-15H,5-9H2,1-4H3. The highest BCUT2D eigenvalue weighted by Gasteiger charge is 2.22. The molecule has 0 aromatic rings. The van der Waals surface area contributed by atoms with Crippen LogP contribution in [0.3, 0.4) is 0 Å².